The molecule has 3 rings (SSSR count). The Morgan fingerprint density at radius 3 is 2.96 bits per heavy atom. The molecular formula is C16H21N5O2. The van der Waals surface area contributed by atoms with Gasteiger partial charge in [-0.25, -0.2) is 9.97 Å². The summed E-state index contributed by atoms with van der Waals surface area (Å²) >= 11 is 0. The lowest BCUT2D eigenvalue weighted by atomic mass is 10.0. The molecule has 0 aromatic carbocycles. The number of nitrogens with zero attached hydrogens (tertiary/aromatic N) is 4. The van der Waals surface area contributed by atoms with E-state index in [0.717, 1.165) is 18.2 Å². The summed E-state index contributed by atoms with van der Waals surface area (Å²) in [5, 5.41) is 13.5. The number of aromatic nitrogens is 3. The molecule has 1 amide bonds. The number of carbonyl (C=O) groups excluding carboxylic acids is 1. The fourth-order valence-electron chi connectivity index (χ4n) is 2.78. The predicted molar refractivity (Wildman–Crippen MR) is 86.0 cm³/mol. The van der Waals surface area contributed by atoms with Gasteiger partial charge in [-0.2, -0.15) is 0 Å². The van der Waals surface area contributed by atoms with E-state index in [1.165, 1.54) is 0 Å². The minimum Gasteiger partial charge on any atom is -0.386 e. The number of β-amino-alcohol motifs (C(OH)–C–C–N with tert-alkyl or cyclic N) is 1. The smallest absolute Gasteiger partial charge is 0.240 e. The summed E-state index contributed by atoms with van der Waals surface area (Å²) in [7, 11) is 0. The van der Waals surface area contributed by atoms with Gasteiger partial charge in [0.2, 0.25) is 5.91 Å². The average molecular weight is 315 g/mol. The number of hydrogen-bond acceptors (Lipinski definition) is 5. The number of pyridine rings is 1. The van der Waals surface area contributed by atoms with Crippen molar-refractivity contribution in [3.8, 4) is 0 Å². The van der Waals surface area contributed by atoms with Gasteiger partial charge in [0.05, 0.1) is 0 Å². The molecule has 0 unspecified atom stereocenters. The SMILES string of the molecule is Cc1nccn1CC(=O)NC[C@]1(O)CCN(c2ccccn2)C1. The summed E-state index contributed by atoms with van der Waals surface area (Å²) in [6, 6.07) is 5.71. The molecule has 2 N–H and O–H groups in total. The maximum absolute atomic E-state index is 12.0. The van der Waals surface area contributed by atoms with Crippen LogP contribution in [-0.4, -0.2) is 50.8 Å². The third-order valence-corrected chi connectivity index (χ3v) is 4.16. The van der Waals surface area contributed by atoms with Gasteiger partial charge in [0.15, 0.2) is 0 Å². The molecule has 1 aliphatic heterocycles. The lowest BCUT2D eigenvalue weighted by Gasteiger charge is -2.24. The van der Waals surface area contributed by atoms with Crippen molar-refractivity contribution in [1.29, 1.82) is 0 Å². The lowest BCUT2D eigenvalue weighted by molar-refractivity contribution is -0.122. The summed E-state index contributed by atoms with van der Waals surface area (Å²) in [6.07, 6.45) is 5.77. The fraction of sp³-hybridized carbons (Fsp3) is 0.438. The summed E-state index contributed by atoms with van der Waals surface area (Å²) < 4.78 is 1.77. The molecule has 1 fully saturated rings. The Morgan fingerprint density at radius 2 is 2.26 bits per heavy atom. The van der Waals surface area contributed by atoms with Crippen LogP contribution in [-0.2, 0) is 11.3 Å². The van der Waals surface area contributed by atoms with E-state index in [9.17, 15) is 9.90 Å². The number of imidazole rings is 1. The Labute approximate surface area is 135 Å². The van der Waals surface area contributed by atoms with Gasteiger partial charge >= 0.3 is 0 Å². The van der Waals surface area contributed by atoms with Gasteiger partial charge in [-0.15, -0.1) is 0 Å². The molecule has 0 aliphatic carbocycles. The van der Waals surface area contributed by atoms with Crippen LogP contribution < -0.4 is 10.2 Å². The minimum absolute atomic E-state index is 0.129. The largest absolute Gasteiger partial charge is 0.386 e. The molecule has 0 radical (unpaired) electrons. The van der Waals surface area contributed by atoms with Crippen molar-refractivity contribution < 1.29 is 9.90 Å². The van der Waals surface area contributed by atoms with Crippen LogP contribution in [0.3, 0.4) is 0 Å². The van der Waals surface area contributed by atoms with Crippen LogP contribution in [0, 0.1) is 6.92 Å². The monoisotopic (exact) mass is 315 g/mol. The van der Waals surface area contributed by atoms with Gasteiger partial charge in [-0.3, -0.25) is 4.79 Å². The standard InChI is InChI=1S/C16H21N5O2/c1-13-17-7-9-20(13)10-15(22)19-11-16(23)5-8-21(12-16)14-4-2-3-6-18-14/h2-4,6-7,9,23H,5,8,10-12H2,1H3,(H,19,22)/t16-/m1/s1. The van der Waals surface area contributed by atoms with Crippen LogP contribution in [0.4, 0.5) is 5.82 Å². The Balaban J connectivity index is 1.52. The minimum atomic E-state index is -0.919. The van der Waals surface area contributed by atoms with Gasteiger partial charge in [-0.1, -0.05) is 6.07 Å². The van der Waals surface area contributed by atoms with Crippen LogP contribution >= 0.6 is 0 Å². The average Bonchev–Trinajstić information content (AvgIpc) is 3.14. The second-order valence-electron chi connectivity index (χ2n) is 5.96. The van der Waals surface area contributed by atoms with Crippen molar-refractivity contribution in [2.24, 2.45) is 0 Å². The highest BCUT2D eigenvalue weighted by molar-refractivity contribution is 5.75. The second-order valence-corrected chi connectivity index (χ2v) is 5.96. The van der Waals surface area contributed by atoms with Crippen LogP contribution in [0.25, 0.3) is 0 Å². The van der Waals surface area contributed by atoms with Crippen molar-refractivity contribution >= 4 is 11.7 Å². The second kappa shape index (κ2) is 6.37. The van der Waals surface area contributed by atoms with Crippen LogP contribution in [0.1, 0.15) is 12.2 Å². The van der Waals surface area contributed by atoms with E-state index in [2.05, 4.69) is 15.3 Å². The fourth-order valence-corrected chi connectivity index (χ4v) is 2.78. The lowest BCUT2D eigenvalue weighted by Crippen LogP contribution is -2.45. The summed E-state index contributed by atoms with van der Waals surface area (Å²) in [5.74, 6) is 1.51. The molecule has 2 aromatic heterocycles. The Hall–Kier alpha value is -2.41. The molecule has 0 saturated carbocycles. The van der Waals surface area contributed by atoms with Gasteiger partial charge in [0.25, 0.3) is 0 Å². The summed E-state index contributed by atoms with van der Waals surface area (Å²) in [6.45, 7) is 3.50. The van der Waals surface area contributed by atoms with E-state index < -0.39 is 5.60 Å². The number of aliphatic hydroxyl groups is 1. The molecule has 7 nitrogen and oxygen atoms in total. The molecule has 1 atom stereocenters. The summed E-state index contributed by atoms with van der Waals surface area (Å²) in [5.41, 5.74) is -0.919. The molecule has 7 heteroatoms. The number of rotatable bonds is 5. The molecule has 0 bridgehead atoms. The number of amides is 1. The molecule has 3 heterocycles. The zero-order chi connectivity index (χ0) is 16.3. The zero-order valence-corrected chi connectivity index (χ0v) is 13.1. The van der Waals surface area contributed by atoms with E-state index in [4.69, 9.17) is 0 Å². The number of anilines is 1. The van der Waals surface area contributed by atoms with E-state index in [1.807, 2.05) is 30.0 Å². The molecule has 0 spiro atoms. The first-order valence-corrected chi connectivity index (χ1v) is 7.69. The Kier molecular flexibility index (Phi) is 4.29. The zero-order valence-electron chi connectivity index (χ0n) is 13.1. The number of aryl methyl sites for hydroxylation is 1. The van der Waals surface area contributed by atoms with Gasteiger partial charge < -0.3 is 19.9 Å². The van der Waals surface area contributed by atoms with Crippen molar-refractivity contribution in [2.75, 3.05) is 24.5 Å². The summed E-state index contributed by atoms with van der Waals surface area (Å²) in [4.78, 5) is 22.4. The van der Waals surface area contributed by atoms with Crippen molar-refractivity contribution in [3.63, 3.8) is 0 Å². The third-order valence-electron chi connectivity index (χ3n) is 4.16. The van der Waals surface area contributed by atoms with Crippen molar-refractivity contribution in [1.82, 2.24) is 19.9 Å². The molecule has 1 aliphatic rings. The normalized spacial score (nSPS) is 20.7. The van der Waals surface area contributed by atoms with Gasteiger partial charge in [0.1, 0.15) is 23.8 Å². The quantitative estimate of drug-likeness (QED) is 0.831. The first-order chi connectivity index (χ1) is 11.1. The van der Waals surface area contributed by atoms with E-state index in [-0.39, 0.29) is 19.0 Å². The Bertz CT molecular complexity index is 672. The highest BCUT2D eigenvalue weighted by atomic mass is 16.3. The highest BCUT2D eigenvalue weighted by Crippen LogP contribution is 2.24. The van der Waals surface area contributed by atoms with Crippen LogP contribution in [0.15, 0.2) is 36.8 Å². The molecule has 2 aromatic rings. The van der Waals surface area contributed by atoms with Crippen LogP contribution in [0.2, 0.25) is 0 Å². The van der Waals surface area contributed by atoms with E-state index in [0.29, 0.717) is 13.0 Å². The van der Waals surface area contributed by atoms with E-state index in [1.54, 1.807) is 23.2 Å². The van der Waals surface area contributed by atoms with E-state index >= 15 is 0 Å². The Morgan fingerprint density at radius 1 is 1.39 bits per heavy atom. The van der Waals surface area contributed by atoms with Gasteiger partial charge in [0, 0.05) is 38.2 Å². The van der Waals surface area contributed by atoms with Gasteiger partial charge in [-0.05, 0) is 25.5 Å². The third kappa shape index (κ3) is 3.68. The van der Waals surface area contributed by atoms with Crippen molar-refractivity contribution in [3.05, 3.63) is 42.6 Å². The molecular weight excluding hydrogens is 294 g/mol. The highest BCUT2D eigenvalue weighted by Gasteiger charge is 2.36. The number of hydrogen-bond donors (Lipinski definition) is 2. The molecule has 122 valence electrons. The number of nitrogens with one attached hydrogen (secondary N) is 1. The number of carbonyl (C=O) groups is 1. The van der Waals surface area contributed by atoms with Crippen molar-refractivity contribution in [2.45, 2.75) is 25.5 Å². The molecule has 23 heavy (non-hydrogen) atoms. The predicted octanol–water partition coefficient (Wildman–Crippen LogP) is 0.344. The topological polar surface area (TPSA) is 83.3 Å². The van der Waals surface area contributed by atoms with Crippen LogP contribution in [0.5, 0.6) is 0 Å². The molecule has 1 saturated heterocycles. The maximum Gasteiger partial charge on any atom is 0.240 e. The maximum atomic E-state index is 12.0. The first kappa shape index (κ1) is 15.5. The first-order valence-electron chi connectivity index (χ1n) is 7.69.